The predicted molar refractivity (Wildman–Crippen MR) is 127 cm³/mol. The number of halogens is 1. The van der Waals surface area contributed by atoms with Crippen molar-refractivity contribution in [1.82, 2.24) is 15.5 Å². The van der Waals surface area contributed by atoms with Gasteiger partial charge in [0.05, 0.1) is 30.4 Å². The lowest BCUT2D eigenvalue weighted by molar-refractivity contribution is -0.123. The zero-order valence-electron chi connectivity index (χ0n) is 18.8. The van der Waals surface area contributed by atoms with E-state index in [0.717, 1.165) is 16.7 Å². The van der Waals surface area contributed by atoms with Gasteiger partial charge in [-0.25, -0.2) is 0 Å². The van der Waals surface area contributed by atoms with Gasteiger partial charge < -0.3 is 25.4 Å². The summed E-state index contributed by atoms with van der Waals surface area (Å²) in [4.78, 5) is 17.2. The van der Waals surface area contributed by atoms with Gasteiger partial charge >= 0.3 is 0 Å². The molecule has 0 saturated heterocycles. The molecule has 0 aliphatic carbocycles. The molecule has 0 spiro atoms. The van der Waals surface area contributed by atoms with Gasteiger partial charge in [-0.05, 0) is 49.6 Å². The van der Waals surface area contributed by atoms with Crippen LogP contribution in [0.15, 0.2) is 40.9 Å². The number of benzene rings is 2. The van der Waals surface area contributed by atoms with E-state index in [1.807, 2.05) is 32.0 Å². The zero-order valence-corrected chi connectivity index (χ0v) is 19.6. The number of ether oxygens (including phenoxy) is 1. The molecule has 4 N–H and O–H groups in total. The molecule has 3 aromatic rings. The van der Waals surface area contributed by atoms with E-state index in [9.17, 15) is 15.2 Å². The summed E-state index contributed by atoms with van der Waals surface area (Å²) >= 11 is 0. The maximum Gasteiger partial charge on any atom is 0.258 e. The molecule has 4 rings (SSSR count). The number of ketones is 1. The molecule has 0 fully saturated rings. The van der Waals surface area contributed by atoms with E-state index < -0.39 is 18.7 Å². The van der Waals surface area contributed by atoms with Gasteiger partial charge in [-0.1, -0.05) is 23.4 Å². The van der Waals surface area contributed by atoms with Gasteiger partial charge in [-0.3, -0.25) is 4.79 Å². The van der Waals surface area contributed by atoms with Crippen LogP contribution >= 0.6 is 12.4 Å². The number of aliphatic hydroxyl groups excluding tert-OH is 1. The van der Waals surface area contributed by atoms with Crippen molar-refractivity contribution in [2.45, 2.75) is 38.5 Å². The van der Waals surface area contributed by atoms with Gasteiger partial charge in [0, 0.05) is 17.7 Å². The minimum atomic E-state index is -0.953. The molecule has 0 radical (unpaired) electrons. The minimum absolute atomic E-state index is 0. The molecular formula is C24H26ClN5O4. The van der Waals surface area contributed by atoms with Crippen molar-refractivity contribution >= 4 is 18.2 Å². The number of nitrogens with two attached hydrogens (primary N) is 1. The highest BCUT2D eigenvalue weighted by atomic mass is 35.5. The van der Waals surface area contributed by atoms with Gasteiger partial charge in [-0.2, -0.15) is 10.2 Å². The fourth-order valence-corrected chi connectivity index (χ4v) is 3.93. The Kier molecular flexibility index (Phi) is 8.02. The Balaban J connectivity index is 0.00000324. The third kappa shape index (κ3) is 4.95. The summed E-state index contributed by atoms with van der Waals surface area (Å²) in [6.45, 7) is 3.95. The number of rotatable bonds is 7. The first-order chi connectivity index (χ1) is 15.9. The van der Waals surface area contributed by atoms with E-state index in [1.165, 1.54) is 0 Å². The topological polar surface area (TPSA) is 147 Å². The molecule has 1 aliphatic rings. The van der Waals surface area contributed by atoms with Crippen LogP contribution in [0.5, 0.6) is 5.75 Å². The quantitative estimate of drug-likeness (QED) is 0.461. The highest BCUT2D eigenvalue weighted by Gasteiger charge is 2.31. The van der Waals surface area contributed by atoms with Crippen molar-refractivity contribution < 1.29 is 19.2 Å². The smallest absolute Gasteiger partial charge is 0.258 e. The fourth-order valence-electron chi connectivity index (χ4n) is 3.93. The average molecular weight is 484 g/mol. The second-order valence-electron chi connectivity index (χ2n) is 8.11. The maximum absolute atomic E-state index is 12.6. The number of hydrogen-bond donors (Lipinski definition) is 3. The summed E-state index contributed by atoms with van der Waals surface area (Å²) in [5.74, 6) is 0.899. The summed E-state index contributed by atoms with van der Waals surface area (Å²) < 4.78 is 11.2. The molecular weight excluding hydrogens is 458 g/mol. The summed E-state index contributed by atoms with van der Waals surface area (Å²) in [5, 5.41) is 26.1. The highest BCUT2D eigenvalue weighted by molar-refractivity contribution is 5.91. The summed E-state index contributed by atoms with van der Waals surface area (Å²) in [7, 11) is 0. The Morgan fingerprint density at radius 1 is 1.38 bits per heavy atom. The van der Waals surface area contributed by atoms with Gasteiger partial charge in [0.25, 0.3) is 5.89 Å². The molecule has 2 aromatic carbocycles. The van der Waals surface area contributed by atoms with Crippen LogP contribution in [-0.4, -0.2) is 46.3 Å². The Bertz CT molecular complexity index is 1220. The van der Waals surface area contributed by atoms with Crippen molar-refractivity contribution in [3.05, 3.63) is 53.1 Å². The molecule has 1 unspecified atom stereocenters. The van der Waals surface area contributed by atoms with Crippen LogP contribution in [0.1, 0.15) is 36.6 Å². The first-order valence-electron chi connectivity index (χ1n) is 10.7. The maximum atomic E-state index is 12.6. The second-order valence-corrected chi connectivity index (χ2v) is 8.11. The number of aliphatic hydroxyl groups is 1. The molecule has 0 bridgehead atoms. The number of carbonyl (C=O) groups excluding carboxylic acids is 1. The molecule has 0 saturated carbocycles. The van der Waals surface area contributed by atoms with Crippen molar-refractivity contribution in [3.63, 3.8) is 0 Å². The lowest BCUT2D eigenvalue weighted by Gasteiger charge is -2.28. The molecule has 2 heterocycles. The predicted octanol–water partition coefficient (Wildman–Crippen LogP) is 2.56. The molecule has 0 amide bonds. The standard InChI is InChI=1S/C24H25N5O4.ClH/c1-13(2)32-20-7-6-14(10-15(20)11-25)24-28-23(29-33-24)18-5-3-4-17-16(18)8-9-27-21(17)22(31)19(26)12-30;/h3-7,10,13,19,21,27,30H,8-9,12,26H2,1-2H3;1H/t19-,21?;/m0./s1. The second kappa shape index (κ2) is 10.8. The lowest BCUT2D eigenvalue weighted by atomic mass is 9.87. The normalized spacial score (nSPS) is 15.7. The Hall–Kier alpha value is -3.29. The van der Waals surface area contributed by atoms with Gasteiger partial charge in [0.1, 0.15) is 11.8 Å². The first kappa shape index (κ1) is 25.3. The van der Waals surface area contributed by atoms with Crippen molar-refractivity contribution in [3.8, 4) is 34.7 Å². The fraction of sp³-hybridized carbons (Fsp3) is 0.333. The number of nitrogens with zero attached hydrogens (tertiary/aromatic N) is 3. The van der Waals surface area contributed by atoms with E-state index in [-0.39, 0.29) is 30.2 Å². The molecule has 10 heteroatoms. The molecule has 178 valence electrons. The SMILES string of the molecule is CC(C)Oc1ccc(-c2nc(-c3cccc4c3CCNC4C(=O)[C@@H](N)CO)no2)cc1C#N.Cl. The van der Waals surface area contributed by atoms with E-state index in [1.54, 1.807) is 18.2 Å². The molecule has 2 atom stereocenters. The van der Waals surface area contributed by atoms with Crippen molar-refractivity contribution in [2.75, 3.05) is 13.2 Å². The zero-order chi connectivity index (χ0) is 23.5. The Morgan fingerprint density at radius 3 is 2.88 bits per heavy atom. The number of Topliss-reactive ketones (excluding diaryl/α,β-unsaturated/α-hetero) is 1. The molecule has 1 aromatic heterocycles. The van der Waals surface area contributed by atoms with Crippen LogP contribution in [0.2, 0.25) is 0 Å². The number of nitriles is 1. The first-order valence-corrected chi connectivity index (χ1v) is 10.7. The molecule has 34 heavy (non-hydrogen) atoms. The summed E-state index contributed by atoms with van der Waals surface area (Å²) in [5.41, 5.74) is 9.25. The highest BCUT2D eigenvalue weighted by Crippen LogP contribution is 2.33. The van der Waals surface area contributed by atoms with Crippen LogP contribution in [0, 0.1) is 11.3 Å². The van der Waals surface area contributed by atoms with Crippen molar-refractivity contribution in [2.24, 2.45) is 5.73 Å². The largest absolute Gasteiger partial charge is 0.490 e. The van der Waals surface area contributed by atoms with Gasteiger partial charge in [0.15, 0.2) is 5.78 Å². The van der Waals surface area contributed by atoms with E-state index in [4.69, 9.17) is 15.0 Å². The van der Waals surface area contributed by atoms with Crippen LogP contribution in [0.3, 0.4) is 0 Å². The summed E-state index contributed by atoms with van der Waals surface area (Å²) in [6, 6.07) is 11.3. The van der Waals surface area contributed by atoms with Gasteiger partial charge in [-0.15, -0.1) is 12.4 Å². The summed E-state index contributed by atoms with van der Waals surface area (Å²) in [6.07, 6.45) is 0.618. The third-order valence-corrected chi connectivity index (χ3v) is 5.47. The number of fused-ring (bicyclic) bond motifs is 1. The van der Waals surface area contributed by atoms with Crippen LogP contribution in [-0.2, 0) is 11.2 Å². The van der Waals surface area contributed by atoms with Crippen molar-refractivity contribution in [1.29, 1.82) is 5.26 Å². The number of nitrogens with one attached hydrogen (secondary N) is 1. The van der Waals surface area contributed by atoms with Crippen LogP contribution in [0.25, 0.3) is 22.8 Å². The van der Waals surface area contributed by atoms with Crippen LogP contribution in [0.4, 0.5) is 0 Å². The Labute approximate surface area is 203 Å². The number of carbonyl (C=O) groups is 1. The Morgan fingerprint density at radius 2 is 2.18 bits per heavy atom. The number of hydrogen-bond acceptors (Lipinski definition) is 9. The van der Waals surface area contributed by atoms with E-state index in [2.05, 4.69) is 21.5 Å². The molecule has 9 nitrogen and oxygen atoms in total. The molecule has 1 aliphatic heterocycles. The van der Waals surface area contributed by atoms with E-state index >= 15 is 0 Å². The van der Waals surface area contributed by atoms with Crippen LogP contribution < -0.4 is 15.8 Å². The third-order valence-electron chi connectivity index (χ3n) is 5.47. The minimum Gasteiger partial charge on any atom is -0.490 e. The monoisotopic (exact) mass is 483 g/mol. The van der Waals surface area contributed by atoms with Gasteiger partial charge in [0.2, 0.25) is 5.82 Å². The van der Waals surface area contributed by atoms with E-state index in [0.29, 0.717) is 35.7 Å². The average Bonchev–Trinajstić information content (AvgIpc) is 3.32. The number of aromatic nitrogens is 2. The lowest BCUT2D eigenvalue weighted by Crippen LogP contribution is -2.45.